The van der Waals surface area contributed by atoms with Gasteiger partial charge in [0.05, 0.1) is 0 Å². The van der Waals surface area contributed by atoms with Gasteiger partial charge in [-0.1, -0.05) is 31.5 Å². The molecular weight excluding hydrogens is 237 g/mol. The molecule has 0 fully saturated rings. The quantitative estimate of drug-likeness (QED) is 0.705. The molecule has 0 atom stereocenters. The number of rotatable bonds is 2. The average molecular weight is 250 g/mol. The third kappa shape index (κ3) is 2.64. The van der Waals surface area contributed by atoms with E-state index in [1.54, 1.807) is 18.3 Å². The second-order valence-electron chi connectivity index (χ2n) is 4.26. The van der Waals surface area contributed by atoms with Crippen molar-refractivity contribution in [3.8, 4) is 11.1 Å². The molecule has 0 unspecified atom stereocenters. The number of hydrogen-bond acceptors (Lipinski definition) is 1. The van der Waals surface area contributed by atoms with Crippen LogP contribution in [0.4, 0.5) is 4.39 Å². The Bertz CT molecular complexity index is 520. The number of nitrogens with zero attached hydrogens (tertiary/aromatic N) is 1. The third-order valence-electron chi connectivity index (χ3n) is 2.68. The van der Waals surface area contributed by atoms with E-state index in [-0.39, 0.29) is 5.82 Å². The van der Waals surface area contributed by atoms with Crippen LogP contribution in [0.25, 0.3) is 11.1 Å². The van der Waals surface area contributed by atoms with E-state index < -0.39 is 0 Å². The maximum Gasteiger partial charge on any atom is 0.129 e. The van der Waals surface area contributed by atoms with E-state index in [4.69, 9.17) is 11.6 Å². The van der Waals surface area contributed by atoms with Crippen molar-refractivity contribution in [2.45, 2.75) is 19.8 Å². The smallest absolute Gasteiger partial charge is 0.129 e. The number of benzene rings is 1. The summed E-state index contributed by atoms with van der Waals surface area (Å²) in [5, 5.41) is 0.441. The lowest BCUT2D eigenvalue weighted by atomic mass is 9.93. The minimum atomic E-state index is -0.237. The molecule has 1 heterocycles. The topological polar surface area (TPSA) is 12.9 Å². The highest BCUT2D eigenvalue weighted by atomic mass is 35.5. The molecule has 0 aliphatic heterocycles. The van der Waals surface area contributed by atoms with Gasteiger partial charge in [0.15, 0.2) is 0 Å². The Labute approximate surface area is 105 Å². The van der Waals surface area contributed by atoms with Crippen LogP contribution in [-0.4, -0.2) is 4.98 Å². The lowest BCUT2D eigenvalue weighted by Crippen LogP contribution is -1.94. The first kappa shape index (κ1) is 12.1. The maximum absolute atomic E-state index is 13.3. The van der Waals surface area contributed by atoms with Crippen molar-refractivity contribution in [3.05, 3.63) is 53.1 Å². The van der Waals surface area contributed by atoms with Crippen LogP contribution in [0.15, 0.2) is 36.5 Å². The second-order valence-corrected chi connectivity index (χ2v) is 4.64. The first-order valence-electron chi connectivity index (χ1n) is 5.49. The summed E-state index contributed by atoms with van der Waals surface area (Å²) in [6.45, 7) is 4.17. The van der Waals surface area contributed by atoms with Crippen molar-refractivity contribution >= 4 is 11.6 Å². The van der Waals surface area contributed by atoms with Crippen LogP contribution in [0.1, 0.15) is 25.3 Å². The molecule has 0 amide bonds. The average Bonchev–Trinajstić information content (AvgIpc) is 2.29. The third-order valence-corrected chi connectivity index (χ3v) is 2.90. The summed E-state index contributed by atoms with van der Waals surface area (Å²) < 4.78 is 13.3. The van der Waals surface area contributed by atoms with Crippen LogP contribution in [0.5, 0.6) is 0 Å². The second kappa shape index (κ2) is 4.84. The zero-order valence-corrected chi connectivity index (χ0v) is 10.5. The van der Waals surface area contributed by atoms with Crippen LogP contribution in [-0.2, 0) is 0 Å². The molecule has 1 aromatic heterocycles. The summed E-state index contributed by atoms with van der Waals surface area (Å²) in [5.74, 6) is 0.0978. The summed E-state index contributed by atoms with van der Waals surface area (Å²) in [6, 6.07) is 8.42. The van der Waals surface area contributed by atoms with Crippen molar-refractivity contribution in [1.82, 2.24) is 4.98 Å². The fourth-order valence-electron chi connectivity index (χ4n) is 1.82. The Morgan fingerprint density at radius 3 is 2.53 bits per heavy atom. The maximum atomic E-state index is 13.3. The standard InChI is InChI=1S/C14H13ClFN/c1-9(2)12-5-4-11(16)7-13(12)10-3-6-14(15)17-8-10/h3-9H,1-2H3. The molecule has 0 saturated carbocycles. The van der Waals surface area contributed by atoms with E-state index in [0.717, 1.165) is 16.7 Å². The molecular formula is C14H13ClFN. The molecule has 88 valence electrons. The lowest BCUT2D eigenvalue weighted by Gasteiger charge is -2.12. The van der Waals surface area contributed by atoms with Crippen molar-refractivity contribution in [2.75, 3.05) is 0 Å². The molecule has 0 aliphatic carbocycles. The van der Waals surface area contributed by atoms with E-state index in [1.807, 2.05) is 12.1 Å². The van der Waals surface area contributed by atoms with E-state index in [2.05, 4.69) is 18.8 Å². The predicted molar refractivity (Wildman–Crippen MR) is 68.7 cm³/mol. The van der Waals surface area contributed by atoms with Gasteiger partial charge in [0.2, 0.25) is 0 Å². The molecule has 0 saturated heterocycles. The Kier molecular flexibility index (Phi) is 3.43. The molecule has 1 aromatic carbocycles. The molecule has 0 aliphatic rings. The Morgan fingerprint density at radius 1 is 1.18 bits per heavy atom. The SMILES string of the molecule is CC(C)c1ccc(F)cc1-c1ccc(Cl)nc1. The molecule has 0 spiro atoms. The molecule has 0 radical (unpaired) electrons. The van der Waals surface area contributed by atoms with Gasteiger partial charge in [-0.3, -0.25) is 0 Å². The van der Waals surface area contributed by atoms with E-state index in [0.29, 0.717) is 11.1 Å². The van der Waals surface area contributed by atoms with Gasteiger partial charge in [-0.05, 0) is 41.3 Å². The lowest BCUT2D eigenvalue weighted by molar-refractivity contribution is 0.627. The highest BCUT2D eigenvalue weighted by Crippen LogP contribution is 2.29. The van der Waals surface area contributed by atoms with Crippen LogP contribution in [0, 0.1) is 5.82 Å². The summed E-state index contributed by atoms with van der Waals surface area (Å²) in [7, 11) is 0. The summed E-state index contributed by atoms with van der Waals surface area (Å²) >= 11 is 5.75. The Balaban J connectivity index is 2.56. The largest absolute Gasteiger partial charge is 0.244 e. The van der Waals surface area contributed by atoms with Crippen molar-refractivity contribution in [1.29, 1.82) is 0 Å². The molecule has 3 heteroatoms. The number of pyridine rings is 1. The van der Waals surface area contributed by atoms with Crippen LogP contribution >= 0.6 is 11.6 Å². The first-order valence-corrected chi connectivity index (χ1v) is 5.87. The van der Waals surface area contributed by atoms with Gasteiger partial charge < -0.3 is 0 Å². The predicted octanol–water partition coefficient (Wildman–Crippen LogP) is 4.66. The minimum absolute atomic E-state index is 0.237. The zero-order valence-electron chi connectivity index (χ0n) is 9.74. The van der Waals surface area contributed by atoms with Crippen LogP contribution < -0.4 is 0 Å². The van der Waals surface area contributed by atoms with Gasteiger partial charge >= 0.3 is 0 Å². The number of halogens is 2. The summed E-state index contributed by atoms with van der Waals surface area (Å²) in [6.07, 6.45) is 1.67. The van der Waals surface area contributed by atoms with E-state index in [9.17, 15) is 4.39 Å². The monoisotopic (exact) mass is 249 g/mol. The zero-order chi connectivity index (χ0) is 12.4. The van der Waals surface area contributed by atoms with E-state index >= 15 is 0 Å². The summed E-state index contributed by atoms with van der Waals surface area (Å²) in [5.41, 5.74) is 2.87. The highest BCUT2D eigenvalue weighted by molar-refractivity contribution is 6.29. The summed E-state index contributed by atoms with van der Waals surface area (Å²) in [4.78, 5) is 4.03. The molecule has 2 rings (SSSR count). The molecule has 17 heavy (non-hydrogen) atoms. The van der Waals surface area contributed by atoms with Gasteiger partial charge in [-0.15, -0.1) is 0 Å². The number of hydrogen-bond donors (Lipinski definition) is 0. The van der Waals surface area contributed by atoms with Gasteiger partial charge in [0.1, 0.15) is 11.0 Å². The number of aromatic nitrogens is 1. The molecule has 2 aromatic rings. The van der Waals surface area contributed by atoms with Crippen molar-refractivity contribution < 1.29 is 4.39 Å². The van der Waals surface area contributed by atoms with E-state index in [1.165, 1.54) is 6.07 Å². The van der Waals surface area contributed by atoms with Gasteiger partial charge in [0, 0.05) is 11.8 Å². The highest BCUT2D eigenvalue weighted by Gasteiger charge is 2.10. The van der Waals surface area contributed by atoms with Gasteiger partial charge in [-0.25, -0.2) is 9.37 Å². The molecule has 1 nitrogen and oxygen atoms in total. The fourth-order valence-corrected chi connectivity index (χ4v) is 1.93. The molecule has 0 N–H and O–H groups in total. The first-order chi connectivity index (χ1) is 8.08. The Hall–Kier alpha value is -1.41. The van der Waals surface area contributed by atoms with Crippen LogP contribution in [0.2, 0.25) is 5.15 Å². The van der Waals surface area contributed by atoms with Crippen LogP contribution in [0.3, 0.4) is 0 Å². The Morgan fingerprint density at radius 2 is 1.94 bits per heavy atom. The minimum Gasteiger partial charge on any atom is -0.244 e. The molecule has 0 bridgehead atoms. The van der Waals surface area contributed by atoms with Gasteiger partial charge in [0.25, 0.3) is 0 Å². The normalized spacial score (nSPS) is 10.9. The van der Waals surface area contributed by atoms with Crippen molar-refractivity contribution in [2.24, 2.45) is 0 Å². The van der Waals surface area contributed by atoms with Crippen molar-refractivity contribution in [3.63, 3.8) is 0 Å². The fraction of sp³-hybridized carbons (Fsp3) is 0.214. The van der Waals surface area contributed by atoms with Gasteiger partial charge in [-0.2, -0.15) is 0 Å².